The third kappa shape index (κ3) is 5.19. The molecule has 0 atom stereocenters. The summed E-state index contributed by atoms with van der Waals surface area (Å²) in [4.78, 5) is 4.88. The van der Waals surface area contributed by atoms with Crippen LogP contribution in [0.2, 0.25) is 0 Å². The maximum absolute atomic E-state index is 2.49. The average Bonchev–Trinajstić information content (AvgIpc) is 3.69. The standard InChI is InChI=1S/C57H40N2S/c1-57(2)50-29-16-27-45-48-36-53(58(37-18-6-3-7-19-37)38-20-8-4-9-21-38)43-25-13-12-24-41(43)47(48)35-49(55(45)50)42-33-32-40(34-51(42)57)59(39-22-10-5-11-23-39)52-30-17-28-46-44-26-14-15-31-54(44)60-56(46)52/h3-36H,1-2H3. The average molecular weight is 785 g/mol. The maximum atomic E-state index is 2.49. The lowest BCUT2D eigenvalue weighted by Gasteiger charge is -2.37. The maximum Gasteiger partial charge on any atom is 0.0640 e. The van der Waals surface area contributed by atoms with E-state index in [1.54, 1.807) is 0 Å². The van der Waals surface area contributed by atoms with E-state index in [1.165, 1.54) is 86.1 Å². The first-order valence-electron chi connectivity index (χ1n) is 20.8. The summed E-state index contributed by atoms with van der Waals surface area (Å²) in [5, 5.41) is 10.3. The summed E-state index contributed by atoms with van der Waals surface area (Å²) < 4.78 is 2.61. The normalized spacial score (nSPS) is 13.0. The summed E-state index contributed by atoms with van der Waals surface area (Å²) in [5.41, 5.74) is 12.0. The smallest absolute Gasteiger partial charge is 0.0640 e. The van der Waals surface area contributed by atoms with E-state index >= 15 is 0 Å². The Morgan fingerprint density at radius 3 is 1.60 bits per heavy atom. The molecule has 1 heterocycles. The fourth-order valence-electron chi connectivity index (χ4n) is 10.0. The Morgan fingerprint density at radius 1 is 0.350 bits per heavy atom. The minimum atomic E-state index is -0.267. The van der Waals surface area contributed by atoms with Gasteiger partial charge in [-0.2, -0.15) is 0 Å². The second-order valence-corrected chi connectivity index (χ2v) is 17.5. The molecule has 10 aromatic carbocycles. The van der Waals surface area contributed by atoms with E-state index in [4.69, 9.17) is 0 Å². The second kappa shape index (κ2) is 13.4. The van der Waals surface area contributed by atoms with Crippen molar-refractivity contribution in [2.24, 2.45) is 0 Å². The van der Waals surface area contributed by atoms with Gasteiger partial charge < -0.3 is 9.80 Å². The first-order valence-corrected chi connectivity index (χ1v) is 21.6. The van der Waals surface area contributed by atoms with Gasteiger partial charge in [-0.3, -0.25) is 0 Å². The van der Waals surface area contributed by atoms with Crippen LogP contribution in [0.5, 0.6) is 0 Å². The Balaban J connectivity index is 1.10. The number of para-hydroxylation sites is 3. The topological polar surface area (TPSA) is 6.48 Å². The van der Waals surface area contributed by atoms with E-state index < -0.39 is 0 Å². The van der Waals surface area contributed by atoms with Gasteiger partial charge in [-0.25, -0.2) is 0 Å². The lowest BCUT2D eigenvalue weighted by Crippen LogP contribution is -2.24. The van der Waals surface area contributed by atoms with Gasteiger partial charge in [0.15, 0.2) is 0 Å². The molecule has 0 unspecified atom stereocenters. The van der Waals surface area contributed by atoms with Gasteiger partial charge in [0.2, 0.25) is 0 Å². The van der Waals surface area contributed by atoms with Gasteiger partial charge in [-0.05, 0) is 122 Å². The molecule has 1 aliphatic rings. The van der Waals surface area contributed by atoms with Gasteiger partial charge in [0.1, 0.15) is 0 Å². The summed E-state index contributed by atoms with van der Waals surface area (Å²) in [6, 6.07) is 76.0. The Labute approximate surface area is 353 Å². The van der Waals surface area contributed by atoms with Gasteiger partial charge in [0.25, 0.3) is 0 Å². The van der Waals surface area contributed by atoms with Crippen molar-refractivity contribution in [3.8, 4) is 11.1 Å². The Morgan fingerprint density at radius 2 is 0.900 bits per heavy atom. The molecule has 60 heavy (non-hydrogen) atoms. The fraction of sp³-hybridized carbons (Fsp3) is 0.0526. The van der Waals surface area contributed by atoms with Gasteiger partial charge in [-0.1, -0.05) is 147 Å². The van der Waals surface area contributed by atoms with Crippen molar-refractivity contribution < 1.29 is 0 Å². The van der Waals surface area contributed by atoms with Crippen LogP contribution < -0.4 is 9.80 Å². The number of benzene rings is 10. The van der Waals surface area contributed by atoms with Crippen molar-refractivity contribution in [2.75, 3.05) is 9.80 Å². The molecule has 1 aromatic heterocycles. The summed E-state index contributed by atoms with van der Waals surface area (Å²) in [6.07, 6.45) is 0. The lowest BCUT2D eigenvalue weighted by atomic mass is 9.68. The SMILES string of the molecule is CC1(C)c2cc(N(c3ccccc3)c3cccc4c3sc3ccccc34)ccc2-c2cc3c4ccccc4c(N(c4ccccc4)c4ccccc4)cc3c3cccc1c23. The molecule has 0 radical (unpaired) electrons. The van der Waals surface area contributed by atoms with E-state index in [-0.39, 0.29) is 5.41 Å². The van der Waals surface area contributed by atoms with Gasteiger partial charge in [0, 0.05) is 49.0 Å². The van der Waals surface area contributed by atoms with Gasteiger partial charge in [0.05, 0.1) is 16.1 Å². The number of anilines is 6. The molecule has 1 aliphatic carbocycles. The van der Waals surface area contributed by atoms with Crippen LogP contribution in [0.15, 0.2) is 206 Å². The lowest BCUT2D eigenvalue weighted by molar-refractivity contribution is 0.645. The van der Waals surface area contributed by atoms with E-state index in [1.807, 2.05) is 11.3 Å². The van der Waals surface area contributed by atoms with Crippen molar-refractivity contribution in [3.63, 3.8) is 0 Å². The highest BCUT2D eigenvalue weighted by Crippen LogP contribution is 2.54. The molecule has 0 saturated carbocycles. The monoisotopic (exact) mass is 784 g/mol. The molecule has 0 fully saturated rings. The van der Waals surface area contributed by atoms with Crippen molar-refractivity contribution in [2.45, 2.75) is 19.3 Å². The second-order valence-electron chi connectivity index (χ2n) is 16.5. The van der Waals surface area contributed by atoms with Gasteiger partial charge in [-0.15, -0.1) is 11.3 Å². The van der Waals surface area contributed by atoms with Crippen LogP contribution in [0.1, 0.15) is 25.0 Å². The Hall–Kier alpha value is -7.20. The molecule has 0 spiro atoms. The zero-order chi connectivity index (χ0) is 40.0. The molecule has 0 amide bonds. The van der Waals surface area contributed by atoms with E-state index in [0.717, 1.165) is 22.7 Å². The highest BCUT2D eigenvalue weighted by atomic mass is 32.1. The van der Waals surface area contributed by atoms with Crippen LogP contribution in [0.4, 0.5) is 34.1 Å². The summed E-state index contributed by atoms with van der Waals surface area (Å²) in [6.45, 7) is 4.82. The van der Waals surface area contributed by atoms with Crippen LogP contribution in [0.25, 0.3) is 63.6 Å². The molecule has 0 saturated heterocycles. The number of rotatable bonds is 6. The quantitative estimate of drug-likeness (QED) is 0.155. The highest BCUT2D eigenvalue weighted by molar-refractivity contribution is 7.26. The fourth-order valence-corrected chi connectivity index (χ4v) is 11.2. The van der Waals surface area contributed by atoms with E-state index in [9.17, 15) is 0 Å². The van der Waals surface area contributed by atoms with Crippen LogP contribution in [-0.2, 0) is 5.41 Å². The van der Waals surface area contributed by atoms with Crippen LogP contribution in [0, 0.1) is 0 Å². The molecule has 11 aromatic rings. The van der Waals surface area contributed by atoms with E-state index in [0.29, 0.717) is 0 Å². The molecule has 12 rings (SSSR count). The minimum absolute atomic E-state index is 0.267. The molecule has 284 valence electrons. The molecule has 0 bridgehead atoms. The van der Waals surface area contributed by atoms with Crippen molar-refractivity contribution in [3.05, 3.63) is 217 Å². The predicted molar refractivity (Wildman–Crippen MR) is 259 cm³/mol. The van der Waals surface area contributed by atoms with Crippen LogP contribution in [0.3, 0.4) is 0 Å². The molecular formula is C57H40N2S. The van der Waals surface area contributed by atoms with Crippen LogP contribution >= 0.6 is 11.3 Å². The minimum Gasteiger partial charge on any atom is -0.310 e. The number of fused-ring (bicyclic) bond motifs is 9. The number of hydrogen-bond acceptors (Lipinski definition) is 3. The molecule has 0 N–H and O–H groups in total. The predicted octanol–water partition coefficient (Wildman–Crippen LogP) is 16.8. The largest absolute Gasteiger partial charge is 0.310 e. The zero-order valence-corrected chi connectivity index (χ0v) is 34.2. The van der Waals surface area contributed by atoms with Crippen molar-refractivity contribution >= 4 is 98.0 Å². The first-order chi connectivity index (χ1) is 29.5. The highest BCUT2D eigenvalue weighted by Gasteiger charge is 2.35. The zero-order valence-electron chi connectivity index (χ0n) is 33.4. The summed E-state index contributed by atoms with van der Waals surface area (Å²) in [5.74, 6) is 0. The number of thiophene rings is 1. The van der Waals surface area contributed by atoms with Gasteiger partial charge >= 0.3 is 0 Å². The first kappa shape index (κ1) is 34.8. The number of hydrogen-bond donors (Lipinski definition) is 0. The summed E-state index contributed by atoms with van der Waals surface area (Å²) >= 11 is 1.88. The van der Waals surface area contributed by atoms with E-state index in [2.05, 4.69) is 230 Å². The third-order valence-electron chi connectivity index (χ3n) is 12.8. The third-order valence-corrected chi connectivity index (χ3v) is 14.0. The molecule has 2 nitrogen and oxygen atoms in total. The molecular weight excluding hydrogens is 745 g/mol. The number of nitrogens with zero attached hydrogens (tertiary/aromatic N) is 2. The molecule has 3 heteroatoms. The van der Waals surface area contributed by atoms with Crippen molar-refractivity contribution in [1.29, 1.82) is 0 Å². The Bertz CT molecular complexity index is 3420. The Kier molecular flexibility index (Phi) is 7.79. The summed E-state index contributed by atoms with van der Waals surface area (Å²) in [7, 11) is 0. The van der Waals surface area contributed by atoms with Crippen molar-refractivity contribution in [1.82, 2.24) is 0 Å². The molecule has 0 aliphatic heterocycles. The van der Waals surface area contributed by atoms with Crippen LogP contribution in [-0.4, -0.2) is 0 Å².